The van der Waals surface area contributed by atoms with Crippen LogP contribution in [0.4, 0.5) is 0 Å². The molecule has 0 aliphatic heterocycles. The van der Waals surface area contributed by atoms with Gasteiger partial charge in [0.25, 0.3) is 11.9 Å². The lowest BCUT2D eigenvalue weighted by molar-refractivity contribution is 0.101. The van der Waals surface area contributed by atoms with E-state index < -0.39 is 19.8 Å². The Kier molecular flexibility index (Phi) is 5.49. The molecule has 9 nitrogen and oxygen atoms in total. The fraction of sp³-hybridized carbons (Fsp3) is 0. The smallest absolute Gasteiger partial charge is 0.422 e. The number of ketones is 2. The van der Waals surface area contributed by atoms with Crippen LogP contribution in [0.3, 0.4) is 0 Å². The van der Waals surface area contributed by atoms with Crippen molar-refractivity contribution >= 4 is 31.7 Å². The summed E-state index contributed by atoms with van der Waals surface area (Å²) in [4.78, 5) is 42.8. The van der Waals surface area contributed by atoms with Crippen molar-refractivity contribution in [1.29, 1.82) is 0 Å². The van der Waals surface area contributed by atoms with Crippen LogP contribution >= 0.6 is 8.25 Å². The molecule has 0 spiro atoms. The first kappa shape index (κ1) is 17.0. The third-order valence-corrected chi connectivity index (χ3v) is 3.13. The molecule has 0 radical (unpaired) electrons. The summed E-state index contributed by atoms with van der Waals surface area (Å²) >= 11 is 0. The molecule has 10 heteroatoms. The number of furan rings is 2. The van der Waals surface area contributed by atoms with Crippen molar-refractivity contribution in [2.45, 2.75) is 0 Å². The zero-order valence-electron chi connectivity index (χ0n) is 11.6. The maximum absolute atomic E-state index is 11.7. The van der Waals surface area contributed by atoms with Crippen molar-refractivity contribution < 1.29 is 41.6 Å². The lowest BCUT2D eigenvalue weighted by Gasteiger charge is -2.02. The average molecular weight is 350 g/mol. The van der Waals surface area contributed by atoms with E-state index in [4.69, 9.17) is 17.9 Å². The van der Waals surface area contributed by atoms with Gasteiger partial charge in [-0.25, -0.2) is 14.2 Å². The molecule has 2 heterocycles. The Balaban J connectivity index is 1.99. The third-order valence-electron chi connectivity index (χ3n) is 2.40. The SMILES string of the molecule is O=C=CC(=O)c1ccc(O[PH](=O)Oc2ccc(C(=O)C=C=O)o2)o1. The van der Waals surface area contributed by atoms with E-state index in [9.17, 15) is 23.7 Å². The highest BCUT2D eigenvalue weighted by molar-refractivity contribution is 7.34. The van der Waals surface area contributed by atoms with Gasteiger partial charge in [-0.2, -0.15) is 0 Å². The highest BCUT2D eigenvalue weighted by Gasteiger charge is 2.15. The van der Waals surface area contributed by atoms with Gasteiger partial charge in [0.2, 0.25) is 11.6 Å². The summed E-state index contributed by atoms with van der Waals surface area (Å²) in [7, 11) is -3.18. The standard InChI is InChI=1S/C14H7O9P/c15-7-5-9(17)11-1-3-13(20-11)22-24(19)23-14-4-2-12(21-14)10(18)6-8-16/h1-6,24H. The topological polar surface area (TPSA) is 130 Å². The van der Waals surface area contributed by atoms with E-state index in [0.29, 0.717) is 12.2 Å². The van der Waals surface area contributed by atoms with Crippen LogP contribution in [0.25, 0.3) is 0 Å². The van der Waals surface area contributed by atoms with E-state index in [-0.39, 0.29) is 23.4 Å². The van der Waals surface area contributed by atoms with Crippen LogP contribution in [0.5, 0.6) is 11.9 Å². The largest absolute Gasteiger partial charge is 0.423 e. The minimum Gasteiger partial charge on any atom is -0.422 e. The third kappa shape index (κ3) is 4.32. The van der Waals surface area contributed by atoms with Crippen molar-refractivity contribution in [3.05, 3.63) is 47.9 Å². The molecule has 0 aliphatic rings. The number of carbonyl (C=O) groups is 2. The summed E-state index contributed by atoms with van der Waals surface area (Å²) in [6, 6.07) is 4.81. The van der Waals surface area contributed by atoms with Crippen LogP contribution in [0.2, 0.25) is 0 Å². The normalized spacial score (nSPS) is 10.8. The fourth-order valence-electron chi connectivity index (χ4n) is 1.45. The number of carbonyl (C=O) groups excluding carboxylic acids is 4. The van der Waals surface area contributed by atoms with E-state index >= 15 is 0 Å². The summed E-state index contributed by atoms with van der Waals surface area (Å²) in [5.74, 6) is 0.124. The van der Waals surface area contributed by atoms with Gasteiger partial charge < -0.3 is 17.9 Å². The number of hydrogen-bond acceptors (Lipinski definition) is 9. The van der Waals surface area contributed by atoms with E-state index in [1.165, 1.54) is 36.1 Å². The van der Waals surface area contributed by atoms with Gasteiger partial charge in [0.05, 0.1) is 12.2 Å². The summed E-state index contributed by atoms with van der Waals surface area (Å²) in [6.07, 6.45) is 1.24. The van der Waals surface area contributed by atoms with Crippen LogP contribution < -0.4 is 9.05 Å². The van der Waals surface area contributed by atoms with Gasteiger partial charge in [0.15, 0.2) is 11.5 Å². The van der Waals surface area contributed by atoms with Crippen molar-refractivity contribution in [3.8, 4) is 11.9 Å². The second-order valence-electron chi connectivity index (χ2n) is 3.94. The lowest BCUT2D eigenvalue weighted by atomic mass is 10.3. The number of rotatable bonds is 8. The van der Waals surface area contributed by atoms with Crippen LogP contribution in [0.1, 0.15) is 21.1 Å². The second kappa shape index (κ2) is 7.76. The minimum atomic E-state index is -3.18. The fourth-order valence-corrected chi connectivity index (χ4v) is 2.04. The lowest BCUT2D eigenvalue weighted by Crippen LogP contribution is -1.91. The molecule has 0 unspecified atom stereocenters. The summed E-state index contributed by atoms with van der Waals surface area (Å²) in [5, 5.41) is 0. The van der Waals surface area contributed by atoms with Gasteiger partial charge >= 0.3 is 8.25 Å². The van der Waals surface area contributed by atoms with Gasteiger partial charge in [-0.15, -0.1) is 0 Å². The molecule has 0 N–H and O–H groups in total. The van der Waals surface area contributed by atoms with Crippen LogP contribution in [-0.4, -0.2) is 23.4 Å². The number of hydrogen-bond donors (Lipinski definition) is 0. The Bertz CT molecular complexity index is 819. The number of allylic oxidation sites excluding steroid dienone is 2. The van der Waals surface area contributed by atoms with Crippen LogP contribution in [0, 0.1) is 0 Å². The summed E-state index contributed by atoms with van der Waals surface area (Å²) in [5.41, 5.74) is 0. The monoisotopic (exact) mass is 350 g/mol. The van der Waals surface area contributed by atoms with Gasteiger partial charge in [0, 0.05) is 12.1 Å². The van der Waals surface area contributed by atoms with Gasteiger partial charge in [-0.1, -0.05) is 0 Å². The minimum absolute atomic E-state index is 0.213. The molecule has 0 amide bonds. The molecule has 2 aromatic heterocycles. The molecular weight excluding hydrogens is 343 g/mol. The molecule has 122 valence electrons. The Hall–Kier alpha value is -3.37. The Morgan fingerprint density at radius 1 is 0.875 bits per heavy atom. The predicted molar refractivity (Wildman–Crippen MR) is 76.9 cm³/mol. The molecule has 24 heavy (non-hydrogen) atoms. The first-order valence-electron chi connectivity index (χ1n) is 6.13. The second-order valence-corrected chi connectivity index (χ2v) is 4.85. The van der Waals surface area contributed by atoms with Crippen LogP contribution in [0.15, 0.2) is 45.3 Å². The predicted octanol–water partition coefficient (Wildman–Crippen LogP) is 1.86. The molecular formula is C14H7O9P. The molecule has 2 aromatic rings. The van der Waals surface area contributed by atoms with Gasteiger partial charge in [-0.3, -0.25) is 9.59 Å². The van der Waals surface area contributed by atoms with E-state index in [2.05, 4.69) is 0 Å². The highest BCUT2D eigenvalue weighted by atomic mass is 31.1. The molecule has 2 rings (SSSR count). The Morgan fingerprint density at radius 2 is 1.29 bits per heavy atom. The first-order chi connectivity index (χ1) is 11.5. The molecule has 0 aliphatic carbocycles. The highest BCUT2D eigenvalue weighted by Crippen LogP contribution is 2.32. The first-order valence-corrected chi connectivity index (χ1v) is 7.35. The van der Waals surface area contributed by atoms with Crippen molar-refractivity contribution in [2.75, 3.05) is 0 Å². The Labute approximate surface area is 134 Å². The molecule has 0 atom stereocenters. The molecule has 0 saturated carbocycles. The van der Waals surface area contributed by atoms with E-state index in [0.717, 1.165) is 0 Å². The molecule has 0 saturated heterocycles. The van der Waals surface area contributed by atoms with Crippen molar-refractivity contribution in [3.63, 3.8) is 0 Å². The summed E-state index contributed by atoms with van der Waals surface area (Å²) < 4.78 is 31.2. The van der Waals surface area contributed by atoms with Gasteiger partial charge in [0.1, 0.15) is 11.9 Å². The zero-order valence-corrected chi connectivity index (χ0v) is 12.6. The molecule has 0 fully saturated rings. The molecule has 0 bridgehead atoms. The maximum atomic E-state index is 11.7. The summed E-state index contributed by atoms with van der Waals surface area (Å²) in [6.45, 7) is 0. The quantitative estimate of drug-likeness (QED) is 0.303. The zero-order chi connectivity index (χ0) is 17.5. The van der Waals surface area contributed by atoms with Crippen molar-refractivity contribution in [1.82, 2.24) is 0 Å². The maximum Gasteiger partial charge on any atom is 0.423 e. The van der Waals surface area contributed by atoms with Gasteiger partial charge in [-0.05, 0) is 12.1 Å². The van der Waals surface area contributed by atoms with E-state index in [1.54, 1.807) is 0 Å². The molecule has 0 aromatic carbocycles. The van der Waals surface area contributed by atoms with Crippen molar-refractivity contribution in [2.24, 2.45) is 0 Å². The Morgan fingerprint density at radius 3 is 1.67 bits per heavy atom. The van der Waals surface area contributed by atoms with E-state index in [1.807, 2.05) is 0 Å². The average Bonchev–Trinajstić information content (AvgIpc) is 3.17. The van der Waals surface area contributed by atoms with Crippen LogP contribution in [-0.2, 0) is 14.2 Å².